The first-order valence-corrected chi connectivity index (χ1v) is 7.66. The predicted octanol–water partition coefficient (Wildman–Crippen LogP) is 3.51. The number of rotatable bonds is 3. The lowest BCUT2D eigenvalue weighted by atomic mass is 9.58. The summed E-state index contributed by atoms with van der Waals surface area (Å²) in [7, 11) is 0. The van der Waals surface area contributed by atoms with Crippen LogP contribution in [-0.4, -0.2) is 16.7 Å². The Morgan fingerprint density at radius 1 is 1.35 bits per heavy atom. The molecule has 2 saturated carbocycles. The van der Waals surface area contributed by atoms with E-state index >= 15 is 0 Å². The van der Waals surface area contributed by atoms with Crippen LogP contribution in [0, 0.1) is 16.7 Å². The van der Waals surface area contributed by atoms with Gasteiger partial charge in [-0.1, -0.05) is 20.8 Å². The van der Waals surface area contributed by atoms with Crippen molar-refractivity contribution >= 4 is 0 Å². The maximum atomic E-state index is 11.6. The molecule has 3 unspecified atom stereocenters. The fourth-order valence-corrected chi connectivity index (χ4v) is 4.84. The van der Waals surface area contributed by atoms with Crippen LogP contribution in [0.5, 0.6) is 5.75 Å². The smallest absolute Gasteiger partial charge is 0.137 e. The summed E-state index contributed by atoms with van der Waals surface area (Å²) in [6, 6.07) is 1.98. The van der Waals surface area contributed by atoms with Crippen molar-refractivity contribution < 1.29 is 9.84 Å². The van der Waals surface area contributed by atoms with Crippen molar-refractivity contribution in [3.05, 3.63) is 24.0 Å². The highest BCUT2D eigenvalue weighted by Gasteiger charge is 2.69. The van der Waals surface area contributed by atoms with Gasteiger partial charge in [-0.15, -0.1) is 0 Å². The quantitative estimate of drug-likeness (QED) is 0.918. The first kappa shape index (κ1) is 13.9. The van der Waals surface area contributed by atoms with E-state index in [1.807, 2.05) is 19.2 Å². The lowest BCUT2D eigenvalue weighted by molar-refractivity contribution is -0.151. The molecule has 1 heterocycles. The zero-order valence-electron chi connectivity index (χ0n) is 12.9. The Hall–Kier alpha value is -1.09. The maximum Gasteiger partial charge on any atom is 0.137 e. The number of hydrogen-bond acceptors (Lipinski definition) is 3. The van der Waals surface area contributed by atoms with Gasteiger partial charge in [0.15, 0.2) is 0 Å². The summed E-state index contributed by atoms with van der Waals surface area (Å²) in [5.74, 6) is 1.34. The summed E-state index contributed by atoms with van der Waals surface area (Å²) in [5.41, 5.74) is -0.0680. The van der Waals surface area contributed by atoms with E-state index in [4.69, 9.17) is 4.74 Å². The molecule has 1 aromatic rings. The van der Waals surface area contributed by atoms with Crippen molar-refractivity contribution in [3.63, 3.8) is 0 Å². The molecule has 0 aromatic carbocycles. The maximum absolute atomic E-state index is 11.6. The van der Waals surface area contributed by atoms with Crippen LogP contribution in [0.2, 0.25) is 0 Å². The molecule has 110 valence electrons. The highest BCUT2D eigenvalue weighted by molar-refractivity contribution is 5.35. The zero-order valence-corrected chi connectivity index (χ0v) is 12.9. The standard InChI is InChI=1S/C17H25NO2/c1-5-20-14-8-13(10-18-11-14)17(19)15(2,3)12-6-7-16(17,4)9-12/h8,10-12,19H,5-7,9H2,1-4H3. The molecular weight excluding hydrogens is 250 g/mol. The lowest BCUT2D eigenvalue weighted by Crippen LogP contribution is -2.51. The molecule has 0 spiro atoms. The van der Waals surface area contributed by atoms with E-state index < -0.39 is 5.60 Å². The molecule has 20 heavy (non-hydrogen) atoms. The first-order chi connectivity index (χ1) is 9.35. The summed E-state index contributed by atoms with van der Waals surface area (Å²) in [5, 5.41) is 11.6. The molecule has 0 amide bonds. The highest BCUT2D eigenvalue weighted by atomic mass is 16.5. The zero-order chi connectivity index (χ0) is 14.6. The molecule has 3 atom stereocenters. The van der Waals surface area contributed by atoms with Crippen LogP contribution in [0.3, 0.4) is 0 Å². The third-order valence-electron chi connectivity index (χ3n) is 6.01. The van der Waals surface area contributed by atoms with Gasteiger partial charge in [-0.2, -0.15) is 0 Å². The third-order valence-corrected chi connectivity index (χ3v) is 6.01. The van der Waals surface area contributed by atoms with Crippen molar-refractivity contribution in [2.24, 2.45) is 16.7 Å². The van der Waals surface area contributed by atoms with Gasteiger partial charge >= 0.3 is 0 Å². The Morgan fingerprint density at radius 3 is 2.70 bits per heavy atom. The summed E-state index contributed by atoms with van der Waals surface area (Å²) >= 11 is 0. The average Bonchev–Trinajstić information content (AvgIpc) is 2.87. The van der Waals surface area contributed by atoms with E-state index in [1.165, 1.54) is 6.42 Å². The van der Waals surface area contributed by atoms with Gasteiger partial charge in [-0.25, -0.2) is 0 Å². The van der Waals surface area contributed by atoms with Crippen molar-refractivity contribution in [2.45, 2.75) is 52.6 Å². The lowest BCUT2D eigenvalue weighted by Gasteiger charge is -2.50. The minimum atomic E-state index is -0.816. The van der Waals surface area contributed by atoms with E-state index in [-0.39, 0.29) is 10.8 Å². The van der Waals surface area contributed by atoms with Gasteiger partial charge in [0.2, 0.25) is 0 Å². The minimum absolute atomic E-state index is 0.0479. The average molecular weight is 275 g/mol. The normalized spacial score (nSPS) is 38.1. The number of aliphatic hydroxyl groups is 1. The Kier molecular flexibility index (Phi) is 2.91. The van der Waals surface area contributed by atoms with Crippen molar-refractivity contribution in [1.82, 2.24) is 4.98 Å². The largest absolute Gasteiger partial charge is 0.492 e. The Balaban J connectivity index is 2.09. The van der Waals surface area contributed by atoms with E-state index in [2.05, 4.69) is 25.8 Å². The summed E-state index contributed by atoms with van der Waals surface area (Å²) in [6.07, 6.45) is 6.96. The predicted molar refractivity (Wildman–Crippen MR) is 78.5 cm³/mol. The number of aromatic nitrogens is 1. The van der Waals surface area contributed by atoms with Crippen molar-refractivity contribution in [1.29, 1.82) is 0 Å². The van der Waals surface area contributed by atoms with E-state index in [0.29, 0.717) is 12.5 Å². The SMILES string of the molecule is CCOc1cncc(C2(O)C3(C)CCC(C3)C2(C)C)c1. The highest BCUT2D eigenvalue weighted by Crippen LogP contribution is 2.71. The minimum Gasteiger partial charge on any atom is -0.492 e. The summed E-state index contributed by atoms with van der Waals surface area (Å²) < 4.78 is 5.56. The molecule has 0 aliphatic heterocycles. The van der Waals surface area contributed by atoms with Gasteiger partial charge in [0.05, 0.1) is 12.8 Å². The van der Waals surface area contributed by atoms with Crippen molar-refractivity contribution in [3.8, 4) is 5.75 Å². The van der Waals surface area contributed by atoms with Crippen LogP contribution < -0.4 is 4.74 Å². The first-order valence-electron chi connectivity index (χ1n) is 7.66. The molecular formula is C17H25NO2. The Labute approximate surface area is 121 Å². The molecule has 1 N–H and O–H groups in total. The van der Waals surface area contributed by atoms with E-state index in [1.54, 1.807) is 6.20 Å². The van der Waals surface area contributed by atoms with Gasteiger partial charge in [-0.3, -0.25) is 4.98 Å². The molecule has 2 aliphatic rings. The number of fused-ring (bicyclic) bond motifs is 2. The van der Waals surface area contributed by atoms with Crippen LogP contribution in [0.25, 0.3) is 0 Å². The fraction of sp³-hybridized carbons (Fsp3) is 0.706. The second-order valence-electron chi connectivity index (χ2n) is 7.27. The molecule has 2 bridgehead atoms. The van der Waals surface area contributed by atoms with Crippen LogP contribution in [0.1, 0.15) is 52.5 Å². The van der Waals surface area contributed by atoms with Gasteiger partial charge in [-0.05, 0) is 38.2 Å². The molecule has 0 saturated heterocycles. The van der Waals surface area contributed by atoms with Crippen LogP contribution >= 0.6 is 0 Å². The van der Waals surface area contributed by atoms with Gasteiger partial charge in [0.1, 0.15) is 11.4 Å². The van der Waals surface area contributed by atoms with Crippen molar-refractivity contribution in [2.75, 3.05) is 6.61 Å². The number of nitrogens with zero attached hydrogens (tertiary/aromatic N) is 1. The molecule has 2 aliphatic carbocycles. The second kappa shape index (κ2) is 4.20. The number of hydrogen-bond donors (Lipinski definition) is 1. The second-order valence-corrected chi connectivity index (χ2v) is 7.27. The van der Waals surface area contributed by atoms with Gasteiger partial charge in [0, 0.05) is 22.6 Å². The molecule has 3 nitrogen and oxygen atoms in total. The topological polar surface area (TPSA) is 42.4 Å². The summed E-state index contributed by atoms with van der Waals surface area (Å²) in [6.45, 7) is 9.22. The molecule has 2 fully saturated rings. The number of ether oxygens (including phenoxy) is 1. The van der Waals surface area contributed by atoms with Crippen LogP contribution in [0.4, 0.5) is 0 Å². The summed E-state index contributed by atoms with van der Waals surface area (Å²) in [4.78, 5) is 4.29. The molecule has 1 aromatic heterocycles. The van der Waals surface area contributed by atoms with Crippen LogP contribution in [-0.2, 0) is 5.60 Å². The Morgan fingerprint density at radius 2 is 2.10 bits per heavy atom. The van der Waals surface area contributed by atoms with E-state index in [9.17, 15) is 5.11 Å². The van der Waals surface area contributed by atoms with E-state index in [0.717, 1.165) is 24.2 Å². The van der Waals surface area contributed by atoms with Gasteiger partial charge < -0.3 is 9.84 Å². The van der Waals surface area contributed by atoms with Gasteiger partial charge in [0.25, 0.3) is 0 Å². The Bertz CT molecular complexity index is 521. The monoisotopic (exact) mass is 275 g/mol. The molecule has 0 radical (unpaired) electrons. The number of pyridine rings is 1. The fourth-order valence-electron chi connectivity index (χ4n) is 4.84. The third kappa shape index (κ3) is 1.53. The molecule has 3 rings (SSSR count). The van der Waals surface area contributed by atoms with Crippen LogP contribution in [0.15, 0.2) is 18.5 Å². The molecule has 3 heteroatoms.